The number of carbonyl (C=O) groups excluding carboxylic acids is 1. The quantitative estimate of drug-likeness (QED) is 0.570. The fourth-order valence-corrected chi connectivity index (χ4v) is 2.78. The Morgan fingerprint density at radius 3 is 2.85 bits per heavy atom. The maximum absolute atomic E-state index is 12.1. The summed E-state index contributed by atoms with van der Waals surface area (Å²) in [7, 11) is 0. The van der Waals surface area contributed by atoms with E-state index in [0.717, 1.165) is 6.42 Å². The van der Waals surface area contributed by atoms with E-state index in [1.54, 1.807) is 0 Å². The van der Waals surface area contributed by atoms with Crippen molar-refractivity contribution in [3.05, 3.63) is 16.3 Å². The standard InChI is InChI=1S/C12H20N4O4/c1-2-3-12(7-17)4-5-16(6-8(12)18)10(19)9-13-11(20)15-14-9/h8,17-18H,2-7H2,1H3,(H2,13,14,15,20)/t8-,12-/m1/s1. The third-order valence-corrected chi connectivity index (χ3v) is 4.03. The second-order valence-electron chi connectivity index (χ2n) is 5.31. The highest BCUT2D eigenvalue weighted by atomic mass is 16.3. The molecular weight excluding hydrogens is 264 g/mol. The van der Waals surface area contributed by atoms with Crippen LogP contribution in [-0.4, -0.2) is 62.0 Å². The molecule has 1 aliphatic heterocycles. The fourth-order valence-electron chi connectivity index (χ4n) is 2.78. The van der Waals surface area contributed by atoms with Crippen LogP contribution in [0.1, 0.15) is 36.8 Å². The lowest BCUT2D eigenvalue weighted by Gasteiger charge is -2.44. The zero-order valence-electron chi connectivity index (χ0n) is 11.4. The van der Waals surface area contributed by atoms with Crippen LogP contribution in [0, 0.1) is 5.41 Å². The Morgan fingerprint density at radius 1 is 1.60 bits per heavy atom. The second-order valence-corrected chi connectivity index (χ2v) is 5.31. The summed E-state index contributed by atoms with van der Waals surface area (Å²) in [5.74, 6) is -0.486. The molecule has 2 rings (SSSR count). The first-order chi connectivity index (χ1) is 9.52. The maximum Gasteiger partial charge on any atom is 0.341 e. The first-order valence-corrected chi connectivity index (χ1v) is 6.75. The maximum atomic E-state index is 12.1. The normalized spacial score (nSPS) is 26.8. The van der Waals surface area contributed by atoms with Gasteiger partial charge in [-0.2, -0.15) is 0 Å². The zero-order valence-corrected chi connectivity index (χ0v) is 11.4. The summed E-state index contributed by atoms with van der Waals surface area (Å²) in [4.78, 5) is 26.8. The molecule has 0 bridgehead atoms. The van der Waals surface area contributed by atoms with E-state index in [4.69, 9.17) is 0 Å². The summed E-state index contributed by atoms with van der Waals surface area (Å²) < 4.78 is 0. The van der Waals surface area contributed by atoms with Crippen LogP contribution >= 0.6 is 0 Å². The zero-order chi connectivity index (χ0) is 14.8. The van der Waals surface area contributed by atoms with E-state index in [1.165, 1.54) is 4.90 Å². The molecule has 1 aromatic rings. The third-order valence-electron chi connectivity index (χ3n) is 4.03. The van der Waals surface area contributed by atoms with E-state index in [-0.39, 0.29) is 19.0 Å². The molecule has 2 heterocycles. The van der Waals surface area contributed by atoms with Crippen molar-refractivity contribution in [3.8, 4) is 0 Å². The highest BCUT2D eigenvalue weighted by Gasteiger charge is 2.42. The van der Waals surface area contributed by atoms with Crippen molar-refractivity contribution in [2.75, 3.05) is 19.7 Å². The van der Waals surface area contributed by atoms with E-state index in [2.05, 4.69) is 15.2 Å². The molecule has 0 aliphatic carbocycles. The van der Waals surface area contributed by atoms with Crippen LogP contribution in [0.3, 0.4) is 0 Å². The Hall–Kier alpha value is -1.67. The number of hydrogen-bond acceptors (Lipinski definition) is 5. The average Bonchev–Trinajstić information content (AvgIpc) is 2.87. The number of carbonyl (C=O) groups is 1. The van der Waals surface area contributed by atoms with Crippen LogP contribution in [0.15, 0.2) is 4.79 Å². The molecule has 4 N–H and O–H groups in total. The molecule has 0 aromatic carbocycles. The molecule has 1 fully saturated rings. The van der Waals surface area contributed by atoms with Gasteiger partial charge in [0.15, 0.2) is 0 Å². The van der Waals surface area contributed by atoms with E-state index >= 15 is 0 Å². The second kappa shape index (κ2) is 5.76. The summed E-state index contributed by atoms with van der Waals surface area (Å²) in [6.45, 7) is 2.46. The first kappa shape index (κ1) is 14.7. The van der Waals surface area contributed by atoms with E-state index < -0.39 is 23.1 Å². The van der Waals surface area contributed by atoms with Gasteiger partial charge >= 0.3 is 5.69 Å². The van der Waals surface area contributed by atoms with Gasteiger partial charge in [0.1, 0.15) is 0 Å². The van der Waals surface area contributed by atoms with Crippen molar-refractivity contribution in [3.63, 3.8) is 0 Å². The summed E-state index contributed by atoms with van der Waals surface area (Å²) in [5.41, 5.74) is -1.08. The Labute approximate surface area is 115 Å². The Bertz CT molecular complexity index is 526. The molecule has 112 valence electrons. The number of amides is 1. The van der Waals surface area contributed by atoms with E-state index in [0.29, 0.717) is 19.4 Å². The molecule has 1 amide bonds. The number of β-amino-alcohol motifs (C(OH)–C–C–N with tert-alkyl or cyclic N) is 1. The number of piperidine rings is 1. The monoisotopic (exact) mass is 284 g/mol. The molecule has 0 radical (unpaired) electrons. The van der Waals surface area contributed by atoms with Gasteiger partial charge in [0.25, 0.3) is 5.91 Å². The molecule has 8 heteroatoms. The van der Waals surface area contributed by atoms with Crippen molar-refractivity contribution in [2.45, 2.75) is 32.3 Å². The van der Waals surface area contributed by atoms with Crippen LogP contribution in [-0.2, 0) is 0 Å². The van der Waals surface area contributed by atoms with Crippen LogP contribution in [0.25, 0.3) is 0 Å². The molecule has 0 unspecified atom stereocenters. The lowest BCUT2D eigenvalue weighted by Crippen LogP contribution is -2.54. The third kappa shape index (κ3) is 2.61. The molecule has 20 heavy (non-hydrogen) atoms. The number of aliphatic hydroxyl groups excluding tert-OH is 2. The summed E-state index contributed by atoms with van der Waals surface area (Å²) in [6.07, 6.45) is 1.32. The molecule has 0 spiro atoms. The summed E-state index contributed by atoms with van der Waals surface area (Å²) in [5, 5.41) is 25.6. The van der Waals surface area contributed by atoms with Crippen LogP contribution < -0.4 is 5.69 Å². The molecule has 0 saturated carbocycles. The Balaban J connectivity index is 2.08. The summed E-state index contributed by atoms with van der Waals surface area (Å²) in [6, 6.07) is 0. The molecule has 1 aliphatic rings. The van der Waals surface area contributed by atoms with Gasteiger partial charge in [-0.25, -0.2) is 9.89 Å². The van der Waals surface area contributed by atoms with Gasteiger partial charge in [0.05, 0.1) is 12.7 Å². The largest absolute Gasteiger partial charge is 0.396 e. The van der Waals surface area contributed by atoms with Crippen LogP contribution in [0.4, 0.5) is 0 Å². The van der Waals surface area contributed by atoms with Gasteiger partial charge < -0.3 is 15.1 Å². The van der Waals surface area contributed by atoms with Crippen molar-refractivity contribution in [1.82, 2.24) is 20.1 Å². The molecule has 1 aromatic heterocycles. The van der Waals surface area contributed by atoms with Crippen LogP contribution in [0.2, 0.25) is 0 Å². The van der Waals surface area contributed by atoms with Crippen LogP contribution in [0.5, 0.6) is 0 Å². The van der Waals surface area contributed by atoms with Gasteiger partial charge in [-0.05, 0) is 12.8 Å². The number of H-pyrrole nitrogens is 2. The SMILES string of the molecule is CCC[C@]1(CO)CCN(C(=O)c2n[nH]c(=O)[nH]2)C[C@H]1O. The number of aromatic amines is 2. The highest BCUT2D eigenvalue weighted by Crippen LogP contribution is 2.36. The minimum atomic E-state index is -0.782. The lowest BCUT2D eigenvalue weighted by molar-refractivity contribution is -0.0715. The van der Waals surface area contributed by atoms with Crippen molar-refractivity contribution in [2.24, 2.45) is 5.41 Å². The van der Waals surface area contributed by atoms with Gasteiger partial charge in [0.2, 0.25) is 5.82 Å². The van der Waals surface area contributed by atoms with Gasteiger partial charge in [-0.15, -0.1) is 5.10 Å². The van der Waals surface area contributed by atoms with Gasteiger partial charge in [-0.3, -0.25) is 9.78 Å². The molecule has 2 atom stereocenters. The highest BCUT2D eigenvalue weighted by molar-refractivity contribution is 5.90. The number of rotatable bonds is 4. The Morgan fingerprint density at radius 2 is 2.35 bits per heavy atom. The fraction of sp³-hybridized carbons (Fsp3) is 0.750. The number of aromatic nitrogens is 3. The average molecular weight is 284 g/mol. The van der Waals surface area contributed by atoms with Gasteiger partial charge in [0, 0.05) is 18.5 Å². The minimum absolute atomic E-state index is 0.0609. The number of nitrogens with zero attached hydrogens (tertiary/aromatic N) is 2. The number of likely N-dealkylation sites (tertiary alicyclic amines) is 1. The smallest absolute Gasteiger partial charge is 0.341 e. The van der Waals surface area contributed by atoms with Crippen molar-refractivity contribution >= 4 is 5.91 Å². The molecule has 8 nitrogen and oxygen atoms in total. The Kier molecular flexibility index (Phi) is 4.24. The minimum Gasteiger partial charge on any atom is -0.396 e. The predicted molar refractivity (Wildman–Crippen MR) is 70.2 cm³/mol. The lowest BCUT2D eigenvalue weighted by atomic mass is 9.73. The first-order valence-electron chi connectivity index (χ1n) is 6.75. The van der Waals surface area contributed by atoms with Crippen molar-refractivity contribution < 1.29 is 15.0 Å². The molecule has 1 saturated heterocycles. The van der Waals surface area contributed by atoms with Crippen molar-refractivity contribution in [1.29, 1.82) is 0 Å². The van der Waals surface area contributed by atoms with E-state index in [9.17, 15) is 19.8 Å². The van der Waals surface area contributed by atoms with E-state index in [1.807, 2.05) is 6.92 Å². The number of hydrogen-bond donors (Lipinski definition) is 4. The van der Waals surface area contributed by atoms with Gasteiger partial charge in [-0.1, -0.05) is 13.3 Å². The number of aliphatic hydroxyl groups is 2. The predicted octanol–water partition coefficient (Wildman–Crippen LogP) is -0.916. The molecular formula is C12H20N4O4. The summed E-state index contributed by atoms with van der Waals surface area (Å²) >= 11 is 0. The number of nitrogens with one attached hydrogen (secondary N) is 2. The topological polar surface area (TPSA) is 122 Å².